The molecule has 0 bridgehead atoms. The van der Waals surface area contributed by atoms with Gasteiger partial charge >= 0.3 is 0 Å². The van der Waals surface area contributed by atoms with Crippen molar-refractivity contribution in [2.75, 3.05) is 13.7 Å². The molecule has 0 aliphatic heterocycles. The first-order chi connectivity index (χ1) is 11.2. The van der Waals surface area contributed by atoms with Crippen molar-refractivity contribution in [3.63, 3.8) is 0 Å². The third-order valence-electron chi connectivity index (χ3n) is 3.36. The predicted octanol–water partition coefficient (Wildman–Crippen LogP) is 3.12. The molecule has 0 saturated heterocycles. The lowest BCUT2D eigenvalue weighted by Gasteiger charge is -2.12. The number of rotatable bonds is 8. The summed E-state index contributed by atoms with van der Waals surface area (Å²) in [5, 5.41) is 2.83. The number of amides is 1. The van der Waals surface area contributed by atoms with Crippen LogP contribution in [0.25, 0.3) is 0 Å². The second-order valence-electron chi connectivity index (χ2n) is 4.98. The number of allylic oxidation sites excluding steroid dienone is 1. The molecule has 2 aromatic rings. The zero-order chi connectivity index (χ0) is 16.5. The number of para-hydroxylation sites is 2. The number of ether oxygens (including phenoxy) is 2. The number of nitrogens with one attached hydrogen (secondary N) is 1. The van der Waals surface area contributed by atoms with Crippen LogP contribution in [0.2, 0.25) is 0 Å². The molecular formula is C19H21NO3. The molecular weight excluding hydrogens is 290 g/mol. The quantitative estimate of drug-likeness (QED) is 0.762. The fraction of sp³-hybridized carbons (Fsp3) is 0.211. The highest BCUT2D eigenvalue weighted by atomic mass is 16.5. The van der Waals surface area contributed by atoms with E-state index in [1.165, 1.54) is 0 Å². The number of carbonyl (C=O) groups is 1. The molecule has 0 heterocycles. The fourth-order valence-electron chi connectivity index (χ4n) is 2.21. The largest absolute Gasteiger partial charge is 0.496 e. The fourth-order valence-corrected chi connectivity index (χ4v) is 2.21. The third kappa shape index (κ3) is 4.88. The lowest BCUT2D eigenvalue weighted by atomic mass is 10.1. The number of hydrogen-bond acceptors (Lipinski definition) is 3. The highest BCUT2D eigenvalue weighted by Crippen LogP contribution is 2.19. The van der Waals surface area contributed by atoms with Crippen LogP contribution in [0, 0.1) is 0 Å². The topological polar surface area (TPSA) is 47.6 Å². The Balaban J connectivity index is 1.87. The summed E-state index contributed by atoms with van der Waals surface area (Å²) < 4.78 is 10.9. The van der Waals surface area contributed by atoms with Crippen LogP contribution in [0.15, 0.2) is 61.2 Å². The van der Waals surface area contributed by atoms with Gasteiger partial charge in [0.2, 0.25) is 0 Å². The van der Waals surface area contributed by atoms with Crippen LogP contribution < -0.4 is 14.8 Å². The van der Waals surface area contributed by atoms with E-state index in [0.717, 1.165) is 16.9 Å². The van der Waals surface area contributed by atoms with Gasteiger partial charge in [0.05, 0.1) is 7.11 Å². The molecule has 2 rings (SSSR count). The van der Waals surface area contributed by atoms with Gasteiger partial charge in [-0.05, 0) is 24.1 Å². The number of benzene rings is 2. The van der Waals surface area contributed by atoms with E-state index in [-0.39, 0.29) is 12.5 Å². The lowest BCUT2D eigenvalue weighted by molar-refractivity contribution is -0.123. The van der Waals surface area contributed by atoms with E-state index in [1.807, 2.05) is 54.6 Å². The Hall–Kier alpha value is -2.75. The molecule has 0 spiro atoms. The van der Waals surface area contributed by atoms with Gasteiger partial charge in [-0.3, -0.25) is 4.79 Å². The summed E-state index contributed by atoms with van der Waals surface area (Å²) in [4.78, 5) is 12.0. The highest BCUT2D eigenvalue weighted by Gasteiger charge is 2.07. The zero-order valence-corrected chi connectivity index (χ0v) is 13.2. The van der Waals surface area contributed by atoms with Gasteiger partial charge < -0.3 is 14.8 Å². The van der Waals surface area contributed by atoms with Gasteiger partial charge in [-0.2, -0.15) is 0 Å². The van der Waals surface area contributed by atoms with E-state index >= 15 is 0 Å². The van der Waals surface area contributed by atoms with Crippen molar-refractivity contribution in [3.8, 4) is 11.5 Å². The summed E-state index contributed by atoms with van der Waals surface area (Å²) in [5.41, 5.74) is 1.94. The molecule has 2 aromatic carbocycles. The van der Waals surface area contributed by atoms with Gasteiger partial charge in [-0.1, -0.05) is 42.5 Å². The second kappa shape index (κ2) is 8.63. The second-order valence-corrected chi connectivity index (χ2v) is 4.98. The summed E-state index contributed by atoms with van der Waals surface area (Å²) in [6.07, 6.45) is 2.52. The summed E-state index contributed by atoms with van der Waals surface area (Å²) in [6, 6.07) is 15.2. The molecule has 23 heavy (non-hydrogen) atoms. The minimum absolute atomic E-state index is 0.0245. The summed E-state index contributed by atoms with van der Waals surface area (Å²) >= 11 is 0. The lowest BCUT2D eigenvalue weighted by Crippen LogP contribution is -2.28. The molecule has 0 saturated carbocycles. The van der Waals surface area contributed by atoms with Crippen molar-refractivity contribution in [2.45, 2.75) is 13.0 Å². The van der Waals surface area contributed by atoms with Crippen molar-refractivity contribution in [1.82, 2.24) is 5.32 Å². The van der Waals surface area contributed by atoms with Gasteiger partial charge in [0.15, 0.2) is 6.61 Å². The Kier molecular flexibility index (Phi) is 6.24. The molecule has 0 aliphatic rings. The molecule has 0 aliphatic carbocycles. The maximum atomic E-state index is 12.0. The molecule has 1 amide bonds. The molecule has 1 N–H and O–H groups in total. The van der Waals surface area contributed by atoms with E-state index in [2.05, 4.69) is 11.9 Å². The van der Waals surface area contributed by atoms with Crippen LogP contribution in [0.1, 0.15) is 11.1 Å². The van der Waals surface area contributed by atoms with E-state index in [9.17, 15) is 4.79 Å². The Morgan fingerprint density at radius 3 is 2.43 bits per heavy atom. The van der Waals surface area contributed by atoms with Crippen LogP contribution in [0.4, 0.5) is 0 Å². The Labute approximate surface area is 136 Å². The van der Waals surface area contributed by atoms with Gasteiger partial charge in [0, 0.05) is 12.1 Å². The van der Waals surface area contributed by atoms with Crippen molar-refractivity contribution < 1.29 is 14.3 Å². The summed E-state index contributed by atoms with van der Waals surface area (Å²) in [7, 11) is 1.61. The predicted molar refractivity (Wildman–Crippen MR) is 90.7 cm³/mol. The molecule has 120 valence electrons. The summed E-state index contributed by atoms with van der Waals surface area (Å²) in [5.74, 6) is 1.29. The number of carbonyl (C=O) groups excluding carboxylic acids is 1. The Morgan fingerprint density at radius 2 is 1.74 bits per heavy atom. The molecule has 0 unspecified atom stereocenters. The van der Waals surface area contributed by atoms with E-state index in [0.29, 0.717) is 18.7 Å². The first kappa shape index (κ1) is 16.6. The van der Waals surface area contributed by atoms with Crippen LogP contribution in [-0.2, 0) is 17.8 Å². The SMILES string of the molecule is C=CCc1ccccc1OCC(=O)NCc1ccccc1OC. The smallest absolute Gasteiger partial charge is 0.258 e. The minimum atomic E-state index is -0.177. The minimum Gasteiger partial charge on any atom is -0.496 e. The van der Waals surface area contributed by atoms with Crippen molar-refractivity contribution in [2.24, 2.45) is 0 Å². The monoisotopic (exact) mass is 311 g/mol. The molecule has 0 atom stereocenters. The van der Waals surface area contributed by atoms with Crippen LogP contribution in [0.5, 0.6) is 11.5 Å². The molecule has 0 radical (unpaired) electrons. The van der Waals surface area contributed by atoms with E-state index < -0.39 is 0 Å². The van der Waals surface area contributed by atoms with E-state index in [4.69, 9.17) is 9.47 Å². The Bertz CT molecular complexity index is 667. The van der Waals surface area contributed by atoms with Gasteiger partial charge in [0.25, 0.3) is 5.91 Å². The standard InChI is InChI=1S/C19H21NO3/c1-3-8-15-9-4-7-12-18(15)23-14-19(21)20-13-16-10-5-6-11-17(16)22-2/h3-7,9-12H,1,8,13-14H2,2H3,(H,20,21). The van der Waals surface area contributed by atoms with Crippen LogP contribution in [-0.4, -0.2) is 19.6 Å². The average Bonchev–Trinajstić information content (AvgIpc) is 2.59. The zero-order valence-electron chi connectivity index (χ0n) is 13.2. The maximum Gasteiger partial charge on any atom is 0.258 e. The normalized spacial score (nSPS) is 9.96. The van der Waals surface area contributed by atoms with Crippen molar-refractivity contribution in [3.05, 3.63) is 72.3 Å². The van der Waals surface area contributed by atoms with Crippen LogP contribution >= 0.6 is 0 Å². The first-order valence-corrected chi connectivity index (χ1v) is 7.44. The first-order valence-electron chi connectivity index (χ1n) is 7.44. The summed E-state index contributed by atoms with van der Waals surface area (Å²) in [6.45, 7) is 4.10. The van der Waals surface area contributed by atoms with Crippen molar-refractivity contribution in [1.29, 1.82) is 0 Å². The van der Waals surface area contributed by atoms with Gasteiger partial charge in [-0.25, -0.2) is 0 Å². The number of hydrogen-bond donors (Lipinski definition) is 1. The van der Waals surface area contributed by atoms with Crippen LogP contribution in [0.3, 0.4) is 0 Å². The molecule has 0 fully saturated rings. The van der Waals surface area contributed by atoms with E-state index in [1.54, 1.807) is 7.11 Å². The van der Waals surface area contributed by atoms with Gasteiger partial charge in [-0.15, -0.1) is 6.58 Å². The molecule has 0 aromatic heterocycles. The average molecular weight is 311 g/mol. The Morgan fingerprint density at radius 1 is 1.09 bits per heavy atom. The highest BCUT2D eigenvalue weighted by molar-refractivity contribution is 5.77. The third-order valence-corrected chi connectivity index (χ3v) is 3.36. The molecule has 4 heteroatoms. The molecule has 4 nitrogen and oxygen atoms in total. The maximum absolute atomic E-state index is 12.0. The van der Waals surface area contributed by atoms with Crippen molar-refractivity contribution >= 4 is 5.91 Å². The van der Waals surface area contributed by atoms with Gasteiger partial charge in [0.1, 0.15) is 11.5 Å². The number of methoxy groups -OCH3 is 1.